The van der Waals surface area contributed by atoms with Crippen molar-refractivity contribution in [2.45, 2.75) is 187 Å². The summed E-state index contributed by atoms with van der Waals surface area (Å²) in [4.78, 5) is 22.3. The molecule has 8 nitrogen and oxygen atoms in total. The van der Waals surface area contributed by atoms with Crippen molar-refractivity contribution >= 4 is 13.8 Å². The van der Waals surface area contributed by atoms with E-state index in [1.165, 1.54) is 128 Å². The first kappa shape index (κ1) is 44.1. The molecule has 0 aromatic rings. The quantitative estimate of drug-likeness (QED) is 0.0295. The zero-order chi connectivity index (χ0) is 33.1. The highest BCUT2D eigenvalue weighted by Gasteiger charge is 2.25. The van der Waals surface area contributed by atoms with Crippen LogP contribution in [0.3, 0.4) is 0 Å². The zero-order valence-electron chi connectivity index (χ0n) is 29.4. The molecule has 0 saturated carbocycles. The number of carbonyl (C=O) groups excluding carboxylic acids is 1. The van der Waals surface area contributed by atoms with Gasteiger partial charge in [-0.25, -0.2) is 4.57 Å². The molecular weight excluding hydrogens is 589 g/mol. The van der Waals surface area contributed by atoms with Crippen molar-refractivity contribution < 1.29 is 32.8 Å². The Kier molecular flexibility index (Phi) is 33.7. The summed E-state index contributed by atoms with van der Waals surface area (Å²) >= 11 is 0. The Bertz CT molecular complexity index is 707. The Hall–Kier alpha value is -0.920. The molecule has 0 fully saturated rings. The Morgan fingerprint density at radius 3 is 1.58 bits per heavy atom. The average molecular weight is 662 g/mol. The summed E-state index contributed by atoms with van der Waals surface area (Å²) < 4.78 is 33.0. The molecule has 0 rings (SSSR count). The third kappa shape index (κ3) is 34.2. The van der Waals surface area contributed by atoms with Crippen molar-refractivity contribution in [1.29, 1.82) is 0 Å². The number of ether oxygens (including phenoxy) is 2. The van der Waals surface area contributed by atoms with Gasteiger partial charge in [-0.15, -0.1) is 0 Å². The summed E-state index contributed by atoms with van der Waals surface area (Å²) in [5, 5.41) is 0. The van der Waals surface area contributed by atoms with Crippen LogP contribution in [0.4, 0.5) is 0 Å². The van der Waals surface area contributed by atoms with Crippen LogP contribution in [0.15, 0.2) is 12.3 Å². The van der Waals surface area contributed by atoms with Crippen LogP contribution in [0.2, 0.25) is 0 Å². The molecule has 45 heavy (non-hydrogen) atoms. The van der Waals surface area contributed by atoms with E-state index in [2.05, 4.69) is 13.8 Å². The van der Waals surface area contributed by atoms with Crippen LogP contribution in [-0.2, 0) is 27.9 Å². The summed E-state index contributed by atoms with van der Waals surface area (Å²) in [6.45, 7) is 4.24. The van der Waals surface area contributed by atoms with Crippen molar-refractivity contribution in [3.63, 3.8) is 0 Å². The largest absolute Gasteiger partial charge is 0.498 e. The molecule has 268 valence electrons. The molecule has 2 atom stereocenters. The third-order valence-corrected chi connectivity index (χ3v) is 9.01. The van der Waals surface area contributed by atoms with Crippen molar-refractivity contribution in [3.8, 4) is 0 Å². The molecule has 9 heteroatoms. The molecule has 0 aliphatic carbocycles. The van der Waals surface area contributed by atoms with E-state index in [1.807, 2.05) is 6.08 Å². The number of hydrogen-bond donors (Lipinski definition) is 2. The van der Waals surface area contributed by atoms with Crippen molar-refractivity contribution in [1.82, 2.24) is 0 Å². The first-order valence-electron chi connectivity index (χ1n) is 18.7. The molecule has 0 aliphatic heterocycles. The molecule has 0 aromatic carbocycles. The predicted octanol–water partition coefficient (Wildman–Crippen LogP) is 10.7. The maximum Gasteiger partial charge on any atom is 0.472 e. The van der Waals surface area contributed by atoms with Gasteiger partial charge in [-0.1, -0.05) is 155 Å². The minimum atomic E-state index is -4.28. The molecule has 1 unspecified atom stereocenters. The topological polar surface area (TPSA) is 117 Å². The lowest BCUT2D eigenvalue weighted by molar-refractivity contribution is -0.153. The number of rotatable bonds is 36. The maximum absolute atomic E-state index is 12.4. The second-order valence-electron chi connectivity index (χ2n) is 12.5. The molecule has 0 amide bonds. The van der Waals surface area contributed by atoms with Gasteiger partial charge in [0.05, 0.1) is 19.5 Å². The van der Waals surface area contributed by atoms with Crippen LogP contribution in [0.5, 0.6) is 0 Å². The molecular formula is C36H72NO7P. The van der Waals surface area contributed by atoms with Crippen LogP contribution >= 0.6 is 7.82 Å². The second kappa shape index (κ2) is 34.4. The van der Waals surface area contributed by atoms with Gasteiger partial charge in [0.1, 0.15) is 6.61 Å². The molecule has 0 heterocycles. The number of unbranched alkanes of at least 4 members (excludes halogenated alkanes) is 23. The monoisotopic (exact) mass is 662 g/mol. The number of phosphoric acid groups is 1. The van der Waals surface area contributed by atoms with E-state index in [9.17, 15) is 14.3 Å². The molecule has 0 saturated heterocycles. The highest BCUT2D eigenvalue weighted by atomic mass is 31.2. The lowest BCUT2D eigenvalue weighted by atomic mass is 10.0. The third-order valence-electron chi connectivity index (χ3n) is 8.03. The lowest BCUT2D eigenvalue weighted by Gasteiger charge is -2.19. The van der Waals surface area contributed by atoms with Crippen LogP contribution in [0.25, 0.3) is 0 Å². The zero-order valence-corrected chi connectivity index (χ0v) is 30.3. The summed E-state index contributed by atoms with van der Waals surface area (Å²) in [5.41, 5.74) is 5.34. The summed E-state index contributed by atoms with van der Waals surface area (Å²) in [6.07, 6.45) is 34.6. The molecule has 0 radical (unpaired) electrons. The Morgan fingerprint density at radius 2 is 1.11 bits per heavy atom. The molecule has 0 aliphatic rings. The fourth-order valence-corrected chi connectivity index (χ4v) is 6.02. The van der Waals surface area contributed by atoms with Crippen molar-refractivity contribution in [2.75, 3.05) is 26.4 Å². The van der Waals surface area contributed by atoms with Crippen molar-refractivity contribution in [2.24, 2.45) is 5.73 Å². The van der Waals surface area contributed by atoms with E-state index in [4.69, 9.17) is 24.3 Å². The van der Waals surface area contributed by atoms with Crippen molar-refractivity contribution in [3.05, 3.63) is 12.3 Å². The van der Waals surface area contributed by atoms with Gasteiger partial charge in [0, 0.05) is 13.0 Å². The number of nitrogens with two attached hydrogens (primary N) is 1. The average Bonchev–Trinajstić information content (AvgIpc) is 3.02. The molecule has 3 N–H and O–H groups in total. The number of allylic oxidation sites excluding steroid dienone is 1. The lowest BCUT2D eigenvalue weighted by Crippen LogP contribution is -2.27. The van der Waals surface area contributed by atoms with E-state index in [1.54, 1.807) is 6.26 Å². The van der Waals surface area contributed by atoms with E-state index in [-0.39, 0.29) is 32.3 Å². The minimum Gasteiger partial charge on any atom is -0.498 e. The van der Waals surface area contributed by atoms with E-state index < -0.39 is 13.9 Å². The first-order chi connectivity index (χ1) is 21.9. The van der Waals surface area contributed by atoms with Gasteiger partial charge in [0.15, 0.2) is 6.10 Å². The smallest absolute Gasteiger partial charge is 0.472 e. The summed E-state index contributed by atoms with van der Waals surface area (Å²) in [7, 11) is -4.28. The Labute approximate surface area is 277 Å². The number of hydrogen-bond acceptors (Lipinski definition) is 7. The van der Waals surface area contributed by atoms with E-state index in [0.29, 0.717) is 6.42 Å². The minimum absolute atomic E-state index is 0.0376. The van der Waals surface area contributed by atoms with Gasteiger partial charge in [0.2, 0.25) is 0 Å². The van der Waals surface area contributed by atoms with Crippen LogP contribution in [0.1, 0.15) is 181 Å². The second-order valence-corrected chi connectivity index (χ2v) is 14.0. The van der Waals surface area contributed by atoms with Gasteiger partial charge in [0.25, 0.3) is 0 Å². The highest BCUT2D eigenvalue weighted by Crippen LogP contribution is 2.43. The Morgan fingerprint density at radius 1 is 0.667 bits per heavy atom. The van der Waals surface area contributed by atoms with Gasteiger partial charge in [-0.3, -0.25) is 13.8 Å². The fraction of sp³-hybridized carbons (Fsp3) is 0.917. The summed E-state index contributed by atoms with van der Waals surface area (Å²) in [5.74, 6) is -0.353. The van der Waals surface area contributed by atoms with Gasteiger partial charge < -0.3 is 20.1 Å². The van der Waals surface area contributed by atoms with Gasteiger partial charge in [-0.05, 0) is 25.3 Å². The first-order valence-corrected chi connectivity index (χ1v) is 20.2. The molecule has 0 bridgehead atoms. The SMILES string of the molecule is CCCCCCCCCCCCCCCC/C=C/OC[C@@H](COP(=O)(O)OCCN)OC(=O)CCCCCCCCCCCC. The molecule has 0 spiro atoms. The van der Waals surface area contributed by atoms with Crippen LogP contribution < -0.4 is 5.73 Å². The standard InChI is InChI=1S/C36H72NO7P/c1-3-5-7-9-11-13-15-16-17-18-19-20-22-24-26-28-31-41-33-35(34-43-45(39,40)42-32-30-37)44-36(38)29-27-25-23-21-14-12-10-8-6-4-2/h28,31,35H,3-27,29-30,32-34,37H2,1-2H3,(H,39,40)/b31-28+/t35-/m0/s1. The van der Waals surface area contributed by atoms with Crippen LogP contribution in [-0.4, -0.2) is 43.3 Å². The summed E-state index contributed by atoms with van der Waals surface area (Å²) in [6, 6.07) is 0. The van der Waals surface area contributed by atoms with Gasteiger partial charge >= 0.3 is 13.8 Å². The number of esters is 1. The number of phosphoric ester groups is 1. The van der Waals surface area contributed by atoms with Gasteiger partial charge in [-0.2, -0.15) is 0 Å². The maximum atomic E-state index is 12.4. The normalized spacial score (nSPS) is 13.7. The van der Waals surface area contributed by atoms with E-state index in [0.717, 1.165) is 32.1 Å². The Balaban J connectivity index is 4.10. The van der Waals surface area contributed by atoms with Crippen LogP contribution in [0, 0.1) is 0 Å². The fourth-order valence-electron chi connectivity index (χ4n) is 5.26. The molecule has 0 aromatic heterocycles. The highest BCUT2D eigenvalue weighted by molar-refractivity contribution is 7.47. The number of carbonyl (C=O) groups is 1. The predicted molar refractivity (Wildman–Crippen MR) is 187 cm³/mol. The van der Waals surface area contributed by atoms with E-state index >= 15 is 0 Å².